The van der Waals surface area contributed by atoms with Gasteiger partial charge in [-0.15, -0.1) is 0 Å². The Morgan fingerprint density at radius 1 is 1.08 bits per heavy atom. The molecule has 3 nitrogen and oxygen atoms in total. The number of hydrogen-bond acceptors (Lipinski definition) is 2. The van der Waals surface area contributed by atoms with E-state index in [1.165, 1.54) is 11.1 Å². The summed E-state index contributed by atoms with van der Waals surface area (Å²) in [6.07, 6.45) is 0.890. The Kier molecular flexibility index (Phi) is 6.21. The van der Waals surface area contributed by atoms with Gasteiger partial charge in [-0.05, 0) is 59.4 Å². The maximum absolute atomic E-state index is 5.39. The molecular formula is C20H26N2OS. The highest BCUT2D eigenvalue weighted by molar-refractivity contribution is 7.80. The molecule has 2 N–H and O–H groups in total. The monoisotopic (exact) mass is 342 g/mol. The number of anilines is 1. The summed E-state index contributed by atoms with van der Waals surface area (Å²) in [7, 11) is 1.68. The van der Waals surface area contributed by atoms with Crippen molar-refractivity contribution in [3.05, 3.63) is 59.7 Å². The smallest absolute Gasteiger partial charge is 0.170 e. The molecule has 2 rings (SSSR count). The van der Waals surface area contributed by atoms with E-state index in [9.17, 15) is 0 Å². The third-order valence-corrected chi connectivity index (χ3v) is 4.07. The molecule has 0 aliphatic carbocycles. The second kappa shape index (κ2) is 8.15. The van der Waals surface area contributed by atoms with Gasteiger partial charge in [0.1, 0.15) is 5.75 Å². The molecule has 2 aromatic carbocycles. The molecule has 24 heavy (non-hydrogen) atoms. The normalized spacial score (nSPS) is 11.0. The molecule has 0 heterocycles. The van der Waals surface area contributed by atoms with E-state index in [1.807, 2.05) is 24.3 Å². The minimum Gasteiger partial charge on any atom is -0.497 e. The largest absolute Gasteiger partial charge is 0.497 e. The number of thiocarbonyl (C=S) groups is 1. The summed E-state index contributed by atoms with van der Waals surface area (Å²) < 4.78 is 5.24. The first kappa shape index (κ1) is 18.3. The summed E-state index contributed by atoms with van der Waals surface area (Å²) in [4.78, 5) is 0. The average Bonchev–Trinajstić information content (AvgIpc) is 2.54. The average molecular weight is 343 g/mol. The van der Waals surface area contributed by atoms with Crippen LogP contribution in [-0.2, 0) is 11.8 Å². The number of benzene rings is 2. The van der Waals surface area contributed by atoms with Crippen molar-refractivity contribution in [3.63, 3.8) is 0 Å². The van der Waals surface area contributed by atoms with E-state index in [2.05, 4.69) is 55.7 Å². The zero-order chi connectivity index (χ0) is 17.6. The van der Waals surface area contributed by atoms with Gasteiger partial charge in [0.25, 0.3) is 0 Å². The van der Waals surface area contributed by atoms with E-state index in [1.54, 1.807) is 7.11 Å². The van der Waals surface area contributed by atoms with Crippen molar-refractivity contribution >= 4 is 23.0 Å². The van der Waals surface area contributed by atoms with Crippen molar-refractivity contribution in [2.45, 2.75) is 32.6 Å². The highest BCUT2D eigenvalue weighted by Crippen LogP contribution is 2.24. The Morgan fingerprint density at radius 3 is 2.54 bits per heavy atom. The Bertz CT molecular complexity index is 692. The first-order chi connectivity index (χ1) is 11.4. The predicted octanol–water partition coefficient (Wildman–Crippen LogP) is 4.52. The SMILES string of the molecule is COc1cccc(CCNC(=S)Nc2cccc(C(C)(C)C)c2)c1. The lowest BCUT2D eigenvalue weighted by Crippen LogP contribution is -2.30. The highest BCUT2D eigenvalue weighted by atomic mass is 32.1. The Balaban J connectivity index is 1.85. The van der Waals surface area contributed by atoms with Crippen molar-refractivity contribution < 1.29 is 4.74 Å². The van der Waals surface area contributed by atoms with Gasteiger partial charge in [-0.1, -0.05) is 45.0 Å². The van der Waals surface area contributed by atoms with Crippen LogP contribution >= 0.6 is 12.2 Å². The van der Waals surface area contributed by atoms with Crippen LogP contribution in [0, 0.1) is 0 Å². The van der Waals surface area contributed by atoms with Gasteiger partial charge in [0, 0.05) is 12.2 Å². The fourth-order valence-electron chi connectivity index (χ4n) is 2.39. The molecule has 0 radical (unpaired) electrons. The van der Waals surface area contributed by atoms with Crippen LogP contribution in [0.1, 0.15) is 31.9 Å². The van der Waals surface area contributed by atoms with Crippen LogP contribution in [-0.4, -0.2) is 18.8 Å². The van der Waals surface area contributed by atoms with E-state index in [-0.39, 0.29) is 5.41 Å². The first-order valence-corrected chi connectivity index (χ1v) is 8.57. The molecule has 0 aliphatic rings. The lowest BCUT2D eigenvalue weighted by atomic mass is 9.87. The van der Waals surface area contributed by atoms with Crippen LogP contribution in [0.15, 0.2) is 48.5 Å². The number of ether oxygens (including phenoxy) is 1. The third-order valence-electron chi connectivity index (χ3n) is 3.82. The zero-order valence-electron chi connectivity index (χ0n) is 14.8. The predicted molar refractivity (Wildman–Crippen MR) is 106 cm³/mol. The van der Waals surface area contributed by atoms with Gasteiger partial charge in [-0.3, -0.25) is 0 Å². The molecule has 0 bridgehead atoms. The molecule has 0 atom stereocenters. The Labute approximate surface area is 150 Å². The van der Waals surface area contributed by atoms with Gasteiger partial charge in [-0.25, -0.2) is 0 Å². The second-order valence-electron chi connectivity index (χ2n) is 6.81. The molecule has 0 aromatic heterocycles. The molecule has 0 aliphatic heterocycles. The molecule has 0 fully saturated rings. The summed E-state index contributed by atoms with van der Waals surface area (Å²) >= 11 is 5.39. The molecule has 4 heteroatoms. The third kappa shape index (κ3) is 5.53. The van der Waals surface area contributed by atoms with Crippen LogP contribution in [0.25, 0.3) is 0 Å². The van der Waals surface area contributed by atoms with Crippen molar-refractivity contribution in [2.24, 2.45) is 0 Å². The summed E-state index contributed by atoms with van der Waals surface area (Å²) in [6, 6.07) is 16.5. The minimum atomic E-state index is 0.124. The van der Waals surface area contributed by atoms with Crippen LogP contribution in [0.5, 0.6) is 5.75 Å². The van der Waals surface area contributed by atoms with Crippen LogP contribution in [0.4, 0.5) is 5.69 Å². The van der Waals surface area contributed by atoms with Gasteiger partial charge in [0.15, 0.2) is 5.11 Å². The summed E-state index contributed by atoms with van der Waals surface area (Å²) in [5, 5.41) is 7.16. The lowest BCUT2D eigenvalue weighted by molar-refractivity contribution is 0.414. The van der Waals surface area contributed by atoms with E-state index in [0.717, 1.165) is 24.4 Å². The molecule has 0 saturated heterocycles. The Morgan fingerprint density at radius 2 is 1.83 bits per heavy atom. The summed E-state index contributed by atoms with van der Waals surface area (Å²) in [5.74, 6) is 0.882. The van der Waals surface area contributed by atoms with Crippen molar-refractivity contribution in [1.29, 1.82) is 0 Å². The number of methoxy groups -OCH3 is 1. The van der Waals surface area contributed by atoms with Gasteiger partial charge in [-0.2, -0.15) is 0 Å². The molecule has 128 valence electrons. The topological polar surface area (TPSA) is 33.3 Å². The maximum Gasteiger partial charge on any atom is 0.170 e. The fraction of sp³-hybridized carbons (Fsp3) is 0.350. The van der Waals surface area contributed by atoms with Crippen molar-refractivity contribution in [1.82, 2.24) is 5.32 Å². The summed E-state index contributed by atoms with van der Waals surface area (Å²) in [5.41, 5.74) is 3.64. The highest BCUT2D eigenvalue weighted by Gasteiger charge is 2.13. The maximum atomic E-state index is 5.39. The van der Waals surface area contributed by atoms with Crippen LogP contribution in [0.3, 0.4) is 0 Å². The number of nitrogens with one attached hydrogen (secondary N) is 2. The van der Waals surface area contributed by atoms with Gasteiger partial charge < -0.3 is 15.4 Å². The van der Waals surface area contributed by atoms with Crippen molar-refractivity contribution in [3.8, 4) is 5.75 Å². The van der Waals surface area contributed by atoms with E-state index < -0.39 is 0 Å². The first-order valence-electron chi connectivity index (χ1n) is 8.17. The molecular weight excluding hydrogens is 316 g/mol. The summed E-state index contributed by atoms with van der Waals surface area (Å²) in [6.45, 7) is 7.39. The Hall–Kier alpha value is -2.07. The second-order valence-corrected chi connectivity index (χ2v) is 7.22. The number of rotatable bonds is 5. The lowest BCUT2D eigenvalue weighted by Gasteiger charge is -2.20. The van der Waals surface area contributed by atoms with E-state index >= 15 is 0 Å². The molecule has 0 spiro atoms. The van der Waals surface area contributed by atoms with E-state index in [4.69, 9.17) is 17.0 Å². The molecule has 0 amide bonds. The molecule has 2 aromatic rings. The van der Waals surface area contributed by atoms with Crippen LogP contribution < -0.4 is 15.4 Å². The van der Waals surface area contributed by atoms with Crippen LogP contribution in [0.2, 0.25) is 0 Å². The quantitative estimate of drug-likeness (QED) is 0.783. The molecule has 0 unspecified atom stereocenters. The van der Waals surface area contributed by atoms with Gasteiger partial charge in [0.05, 0.1) is 7.11 Å². The zero-order valence-corrected chi connectivity index (χ0v) is 15.7. The standard InChI is InChI=1S/C20H26N2OS/c1-20(2,3)16-8-6-9-17(14-16)22-19(24)21-12-11-15-7-5-10-18(13-15)23-4/h5-10,13-14H,11-12H2,1-4H3,(H2,21,22,24). The molecule has 0 saturated carbocycles. The van der Waals surface area contributed by atoms with Crippen molar-refractivity contribution in [2.75, 3.05) is 19.0 Å². The van der Waals surface area contributed by atoms with E-state index in [0.29, 0.717) is 5.11 Å². The number of hydrogen-bond donors (Lipinski definition) is 2. The minimum absolute atomic E-state index is 0.124. The fourth-order valence-corrected chi connectivity index (χ4v) is 2.61. The van der Waals surface area contributed by atoms with Gasteiger partial charge in [0.2, 0.25) is 0 Å². The van der Waals surface area contributed by atoms with Gasteiger partial charge >= 0.3 is 0 Å².